The predicted molar refractivity (Wildman–Crippen MR) is 68.4 cm³/mol. The van der Waals surface area contributed by atoms with Gasteiger partial charge in [0.25, 0.3) is 0 Å². The van der Waals surface area contributed by atoms with Crippen molar-refractivity contribution in [3.63, 3.8) is 0 Å². The van der Waals surface area contributed by atoms with Crippen LogP contribution in [0.15, 0.2) is 0 Å². The van der Waals surface area contributed by atoms with Crippen LogP contribution < -0.4 is 5.32 Å². The Labute approximate surface area is 106 Å². The van der Waals surface area contributed by atoms with E-state index in [2.05, 4.69) is 5.32 Å². The highest BCUT2D eigenvalue weighted by molar-refractivity contribution is 7.99. The second-order valence-corrected chi connectivity index (χ2v) is 5.43. The Morgan fingerprint density at radius 2 is 2.06 bits per heavy atom. The van der Waals surface area contributed by atoms with Crippen molar-refractivity contribution in [3.8, 4) is 0 Å². The van der Waals surface area contributed by atoms with Crippen LogP contribution in [-0.2, 0) is 4.79 Å². The molecule has 1 aliphatic heterocycles. The zero-order valence-corrected chi connectivity index (χ0v) is 11.1. The molecular formula is C11H20N2O3S. The first-order chi connectivity index (χ1) is 8.06. The number of rotatable bonds is 4. The summed E-state index contributed by atoms with van der Waals surface area (Å²) in [5, 5.41) is 11.9. The maximum Gasteiger partial charge on any atom is 0.326 e. The number of hydrogen-bond donors (Lipinski definition) is 2. The van der Waals surface area contributed by atoms with Gasteiger partial charge in [0.2, 0.25) is 0 Å². The van der Waals surface area contributed by atoms with E-state index in [1.807, 2.05) is 11.8 Å². The lowest BCUT2D eigenvalue weighted by molar-refractivity contribution is -0.141. The number of carboxylic acid groups (broad SMARTS) is 1. The van der Waals surface area contributed by atoms with E-state index in [1.165, 1.54) is 11.9 Å². The van der Waals surface area contributed by atoms with Crippen LogP contribution in [0.25, 0.3) is 0 Å². The monoisotopic (exact) mass is 260 g/mol. The van der Waals surface area contributed by atoms with Gasteiger partial charge in [-0.1, -0.05) is 6.92 Å². The van der Waals surface area contributed by atoms with Crippen molar-refractivity contribution in [1.29, 1.82) is 0 Å². The standard InChI is InChI=1S/C11H20N2O3S/c1-3-9(10(14)15)13(2)11(16)12-8-4-6-17-7-5-8/h8-9H,3-7H2,1-2H3,(H,12,16)(H,14,15). The highest BCUT2D eigenvalue weighted by atomic mass is 32.2. The third kappa shape index (κ3) is 4.11. The molecule has 1 atom stereocenters. The van der Waals surface area contributed by atoms with E-state index in [0.717, 1.165) is 24.3 Å². The number of amides is 2. The lowest BCUT2D eigenvalue weighted by atomic mass is 10.1. The summed E-state index contributed by atoms with van der Waals surface area (Å²) in [7, 11) is 1.54. The van der Waals surface area contributed by atoms with Gasteiger partial charge in [-0.15, -0.1) is 0 Å². The highest BCUT2D eigenvalue weighted by Gasteiger charge is 2.26. The first-order valence-corrected chi connectivity index (χ1v) is 7.05. The van der Waals surface area contributed by atoms with Crippen molar-refractivity contribution in [3.05, 3.63) is 0 Å². The van der Waals surface area contributed by atoms with Gasteiger partial charge in [0.15, 0.2) is 0 Å². The topological polar surface area (TPSA) is 69.6 Å². The maximum absolute atomic E-state index is 11.9. The summed E-state index contributed by atoms with van der Waals surface area (Å²) in [6, 6.07) is -0.832. The molecular weight excluding hydrogens is 240 g/mol. The van der Waals surface area contributed by atoms with Crippen LogP contribution >= 0.6 is 11.8 Å². The molecule has 1 rings (SSSR count). The van der Waals surface area contributed by atoms with Crippen molar-refractivity contribution >= 4 is 23.8 Å². The number of aliphatic carboxylic acids is 1. The average molecular weight is 260 g/mol. The zero-order valence-electron chi connectivity index (χ0n) is 10.3. The fourth-order valence-electron chi connectivity index (χ4n) is 1.87. The van der Waals surface area contributed by atoms with Gasteiger partial charge >= 0.3 is 12.0 Å². The molecule has 0 spiro atoms. The van der Waals surface area contributed by atoms with Crippen LogP contribution in [0, 0.1) is 0 Å². The minimum atomic E-state index is -0.954. The fraction of sp³-hybridized carbons (Fsp3) is 0.818. The highest BCUT2D eigenvalue weighted by Crippen LogP contribution is 2.17. The molecule has 0 aliphatic carbocycles. The molecule has 6 heteroatoms. The van der Waals surface area contributed by atoms with Gasteiger partial charge in [0.05, 0.1) is 0 Å². The van der Waals surface area contributed by atoms with Crippen LogP contribution in [0.5, 0.6) is 0 Å². The van der Waals surface area contributed by atoms with E-state index in [1.54, 1.807) is 6.92 Å². The molecule has 0 saturated carbocycles. The molecule has 0 aromatic carbocycles. The van der Waals surface area contributed by atoms with Crippen molar-refractivity contribution in [2.75, 3.05) is 18.6 Å². The molecule has 2 amide bonds. The molecule has 0 aromatic heterocycles. The lowest BCUT2D eigenvalue weighted by Gasteiger charge is -2.28. The Bertz CT molecular complexity index is 280. The van der Waals surface area contributed by atoms with Crippen molar-refractivity contribution in [1.82, 2.24) is 10.2 Å². The molecule has 1 saturated heterocycles. The number of urea groups is 1. The van der Waals surface area contributed by atoms with Gasteiger partial charge in [0.1, 0.15) is 6.04 Å². The van der Waals surface area contributed by atoms with Gasteiger partial charge in [-0.25, -0.2) is 9.59 Å². The Morgan fingerprint density at radius 1 is 1.47 bits per heavy atom. The molecule has 1 heterocycles. The van der Waals surface area contributed by atoms with Gasteiger partial charge in [0, 0.05) is 13.1 Å². The number of hydrogen-bond acceptors (Lipinski definition) is 3. The second kappa shape index (κ2) is 6.74. The third-order valence-electron chi connectivity index (χ3n) is 3.01. The summed E-state index contributed by atoms with van der Waals surface area (Å²) in [6.45, 7) is 1.76. The smallest absolute Gasteiger partial charge is 0.326 e. The molecule has 1 fully saturated rings. The fourth-order valence-corrected chi connectivity index (χ4v) is 2.98. The molecule has 1 unspecified atom stereocenters. The lowest BCUT2D eigenvalue weighted by Crippen LogP contribution is -2.50. The first-order valence-electron chi connectivity index (χ1n) is 5.90. The van der Waals surface area contributed by atoms with E-state index in [-0.39, 0.29) is 12.1 Å². The van der Waals surface area contributed by atoms with Crippen LogP contribution in [0.2, 0.25) is 0 Å². The number of nitrogens with zero attached hydrogens (tertiary/aromatic N) is 1. The van der Waals surface area contributed by atoms with Crippen molar-refractivity contribution < 1.29 is 14.7 Å². The van der Waals surface area contributed by atoms with Crippen molar-refractivity contribution in [2.24, 2.45) is 0 Å². The molecule has 2 N–H and O–H groups in total. The molecule has 0 bridgehead atoms. The van der Waals surface area contributed by atoms with Crippen molar-refractivity contribution in [2.45, 2.75) is 38.3 Å². The Hall–Kier alpha value is -0.910. The average Bonchev–Trinajstić information content (AvgIpc) is 2.30. The Morgan fingerprint density at radius 3 is 2.53 bits per heavy atom. The molecule has 5 nitrogen and oxygen atoms in total. The minimum absolute atomic E-state index is 0.192. The summed E-state index contributed by atoms with van der Waals surface area (Å²) >= 11 is 1.89. The Kier molecular flexibility index (Phi) is 5.61. The van der Waals surface area contributed by atoms with Crippen LogP contribution in [-0.4, -0.2) is 52.6 Å². The quantitative estimate of drug-likeness (QED) is 0.801. The van der Waals surface area contributed by atoms with E-state index >= 15 is 0 Å². The number of thioether (sulfide) groups is 1. The van der Waals surface area contributed by atoms with Gasteiger partial charge in [-0.3, -0.25) is 0 Å². The van der Waals surface area contributed by atoms with Crippen LogP contribution in [0.4, 0.5) is 4.79 Å². The van der Waals surface area contributed by atoms with E-state index in [9.17, 15) is 9.59 Å². The largest absolute Gasteiger partial charge is 0.480 e. The molecule has 1 aliphatic rings. The number of carbonyl (C=O) groups excluding carboxylic acids is 1. The van der Waals surface area contributed by atoms with E-state index in [4.69, 9.17) is 5.11 Å². The summed E-state index contributed by atoms with van der Waals surface area (Å²) in [5.41, 5.74) is 0. The van der Waals surface area contributed by atoms with Gasteiger partial charge in [-0.2, -0.15) is 11.8 Å². The van der Waals surface area contributed by atoms with Crippen LogP contribution in [0.1, 0.15) is 26.2 Å². The SMILES string of the molecule is CCC(C(=O)O)N(C)C(=O)NC1CCSCC1. The van der Waals surface area contributed by atoms with E-state index < -0.39 is 12.0 Å². The minimum Gasteiger partial charge on any atom is -0.480 e. The van der Waals surface area contributed by atoms with E-state index in [0.29, 0.717) is 6.42 Å². The molecule has 17 heavy (non-hydrogen) atoms. The number of likely N-dealkylation sites (N-methyl/N-ethyl adjacent to an activating group) is 1. The van der Waals surface area contributed by atoms with Crippen LogP contribution in [0.3, 0.4) is 0 Å². The summed E-state index contributed by atoms with van der Waals surface area (Å²) in [6.07, 6.45) is 2.35. The number of nitrogens with one attached hydrogen (secondary N) is 1. The molecule has 98 valence electrons. The second-order valence-electron chi connectivity index (χ2n) is 4.21. The van der Waals surface area contributed by atoms with Gasteiger partial charge < -0.3 is 15.3 Å². The first kappa shape index (κ1) is 14.2. The number of carboxylic acids is 1. The maximum atomic E-state index is 11.9. The number of carbonyl (C=O) groups is 2. The third-order valence-corrected chi connectivity index (χ3v) is 4.06. The van der Waals surface area contributed by atoms with Gasteiger partial charge in [-0.05, 0) is 30.8 Å². The summed E-state index contributed by atoms with van der Waals surface area (Å²) < 4.78 is 0. The summed E-state index contributed by atoms with van der Waals surface area (Å²) in [4.78, 5) is 24.1. The predicted octanol–water partition coefficient (Wildman–Crippen LogP) is 1.39. The Balaban J connectivity index is 2.47. The summed E-state index contributed by atoms with van der Waals surface area (Å²) in [5.74, 6) is 1.17. The normalized spacial score (nSPS) is 18.5. The molecule has 0 aromatic rings. The molecule has 0 radical (unpaired) electrons. The zero-order chi connectivity index (χ0) is 12.8.